The molecule has 0 amide bonds. The Kier molecular flexibility index (Phi) is 5.50. The Morgan fingerprint density at radius 3 is 2.41 bits per heavy atom. The third kappa shape index (κ3) is 4.13. The molecule has 0 bridgehead atoms. The monoisotopic (exact) mass is 427 g/mol. The highest BCUT2D eigenvalue weighted by Crippen LogP contribution is 2.29. The van der Waals surface area contributed by atoms with E-state index in [1.807, 2.05) is 0 Å². The van der Waals surface area contributed by atoms with E-state index in [2.05, 4.69) is 9.82 Å². The number of rotatable bonds is 6. The first-order chi connectivity index (χ1) is 12.8. The number of benzene rings is 2. The topological polar surface area (TPSA) is 82.5 Å². The SMILES string of the molecule is COc1ccc(NS(=O)(=O)c2cnn(-c3cc(Cl)ccc3OC)c2)cc1Cl. The summed E-state index contributed by atoms with van der Waals surface area (Å²) in [6.07, 6.45) is 2.59. The fourth-order valence-corrected chi connectivity index (χ4v) is 3.77. The minimum Gasteiger partial charge on any atom is -0.495 e. The van der Waals surface area contributed by atoms with Crippen LogP contribution in [-0.4, -0.2) is 32.4 Å². The molecule has 1 N–H and O–H groups in total. The molecular weight excluding hydrogens is 413 g/mol. The van der Waals surface area contributed by atoms with Crippen LogP contribution in [0.15, 0.2) is 53.7 Å². The van der Waals surface area contributed by atoms with Crippen molar-refractivity contribution in [3.8, 4) is 17.2 Å². The molecule has 0 fully saturated rings. The first-order valence-corrected chi connectivity index (χ1v) is 9.83. The van der Waals surface area contributed by atoms with Crippen LogP contribution in [-0.2, 0) is 10.0 Å². The normalized spacial score (nSPS) is 11.3. The Hall–Kier alpha value is -2.42. The first-order valence-electron chi connectivity index (χ1n) is 7.59. The molecule has 1 aromatic heterocycles. The van der Waals surface area contributed by atoms with Crippen molar-refractivity contribution in [1.29, 1.82) is 0 Å². The van der Waals surface area contributed by atoms with E-state index in [0.717, 1.165) is 0 Å². The van der Waals surface area contributed by atoms with Crippen LogP contribution in [0.2, 0.25) is 10.0 Å². The molecule has 0 aliphatic heterocycles. The van der Waals surface area contributed by atoms with Crippen LogP contribution in [0.5, 0.6) is 11.5 Å². The smallest absolute Gasteiger partial charge is 0.265 e. The van der Waals surface area contributed by atoms with Crippen molar-refractivity contribution in [2.24, 2.45) is 0 Å². The van der Waals surface area contributed by atoms with Gasteiger partial charge in [0, 0.05) is 5.02 Å². The molecular formula is C17H15Cl2N3O4S. The minimum atomic E-state index is -3.87. The Bertz CT molecular complexity index is 1080. The fourth-order valence-electron chi connectivity index (χ4n) is 2.36. The van der Waals surface area contributed by atoms with E-state index in [-0.39, 0.29) is 9.92 Å². The molecule has 3 rings (SSSR count). The van der Waals surface area contributed by atoms with Gasteiger partial charge in [-0.3, -0.25) is 4.72 Å². The summed E-state index contributed by atoms with van der Waals surface area (Å²) < 4.78 is 39.4. The molecule has 0 aliphatic carbocycles. The molecule has 0 aliphatic rings. The molecule has 1 heterocycles. The largest absolute Gasteiger partial charge is 0.495 e. The van der Waals surface area contributed by atoms with Crippen LogP contribution in [0, 0.1) is 0 Å². The van der Waals surface area contributed by atoms with Gasteiger partial charge in [0.05, 0.1) is 37.3 Å². The summed E-state index contributed by atoms with van der Waals surface area (Å²) in [5, 5.41) is 4.86. The zero-order valence-corrected chi connectivity index (χ0v) is 16.6. The first kappa shape index (κ1) is 19.3. The Balaban J connectivity index is 1.91. The number of hydrogen-bond acceptors (Lipinski definition) is 5. The molecule has 0 atom stereocenters. The third-order valence-electron chi connectivity index (χ3n) is 3.66. The highest BCUT2D eigenvalue weighted by molar-refractivity contribution is 7.92. The van der Waals surface area contributed by atoms with Crippen molar-refractivity contribution in [2.75, 3.05) is 18.9 Å². The molecule has 0 unspecified atom stereocenters. The summed E-state index contributed by atoms with van der Waals surface area (Å²) in [4.78, 5) is -0.0310. The van der Waals surface area contributed by atoms with Gasteiger partial charge in [-0.25, -0.2) is 13.1 Å². The van der Waals surface area contributed by atoms with Crippen LogP contribution < -0.4 is 14.2 Å². The number of aromatic nitrogens is 2. The Morgan fingerprint density at radius 2 is 1.74 bits per heavy atom. The summed E-state index contributed by atoms with van der Waals surface area (Å²) in [6, 6.07) is 9.54. The van der Waals surface area contributed by atoms with Gasteiger partial charge in [0.2, 0.25) is 0 Å². The number of nitrogens with zero attached hydrogens (tertiary/aromatic N) is 2. The number of hydrogen-bond donors (Lipinski definition) is 1. The van der Waals surface area contributed by atoms with Gasteiger partial charge in [-0.15, -0.1) is 0 Å². The Labute approximate surface area is 166 Å². The molecule has 0 spiro atoms. The summed E-state index contributed by atoms with van der Waals surface area (Å²) in [5.41, 5.74) is 0.813. The van der Waals surface area contributed by atoms with Gasteiger partial charge in [0.25, 0.3) is 10.0 Å². The summed E-state index contributed by atoms with van der Waals surface area (Å²) in [7, 11) is -0.895. The lowest BCUT2D eigenvalue weighted by molar-refractivity contribution is 0.411. The summed E-state index contributed by atoms with van der Waals surface area (Å²) >= 11 is 12.1. The van der Waals surface area contributed by atoms with E-state index in [0.29, 0.717) is 27.9 Å². The van der Waals surface area contributed by atoms with Crippen LogP contribution in [0.3, 0.4) is 0 Å². The number of methoxy groups -OCH3 is 2. The van der Waals surface area contributed by atoms with Gasteiger partial charge < -0.3 is 9.47 Å². The maximum absolute atomic E-state index is 12.6. The standard InChI is InChI=1S/C17H15Cl2N3O4S/c1-25-16-6-4-12(8-14(16)19)21-27(23,24)13-9-20-22(10-13)15-7-11(18)3-5-17(15)26-2/h3-10,21H,1-2H3. The molecule has 10 heteroatoms. The zero-order chi connectivity index (χ0) is 19.6. The average Bonchev–Trinajstić information content (AvgIpc) is 3.12. The second-order valence-corrected chi connectivity index (χ2v) is 7.92. The van der Waals surface area contributed by atoms with Crippen molar-refractivity contribution in [2.45, 2.75) is 4.90 Å². The lowest BCUT2D eigenvalue weighted by Crippen LogP contribution is -2.12. The van der Waals surface area contributed by atoms with Crippen molar-refractivity contribution in [1.82, 2.24) is 9.78 Å². The molecule has 7 nitrogen and oxygen atoms in total. The maximum atomic E-state index is 12.6. The van der Waals surface area contributed by atoms with Crippen molar-refractivity contribution in [3.63, 3.8) is 0 Å². The fraction of sp³-hybridized carbons (Fsp3) is 0.118. The lowest BCUT2D eigenvalue weighted by Gasteiger charge is -2.09. The molecule has 142 valence electrons. The minimum absolute atomic E-state index is 0.0310. The summed E-state index contributed by atoms with van der Waals surface area (Å²) in [5.74, 6) is 0.946. The molecule has 3 aromatic rings. The van der Waals surface area contributed by atoms with E-state index < -0.39 is 10.0 Å². The van der Waals surface area contributed by atoms with E-state index in [1.54, 1.807) is 30.3 Å². The highest BCUT2D eigenvalue weighted by atomic mass is 35.5. The van der Waals surface area contributed by atoms with Crippen LogP contribution >= 0.6 is 23.2 Å². The molecule has 0 saturated carbocycles. The van der Waals surface area contributed by atoms with Gasteiger partial charge >= 0.3 is 0 Å². The lowest BCUT2D eigenvalue weighted by atomic mass is 10.3. The molecule has 27 heavy (non-hydrogen) atoms. The number of nitrogens with one attached hydrogen (secondary N) is 1. The average molecular weight is 428 g/mol. The van der Waals surface area contributed by atoms with Gasteiger partial charge in [-0.05, 0) is 36.4 Å². The Morgan fingerprint density at radius 1 is 1.04 bits per heavy atom. The van der Waals surface area contributed by atoms with Crippen LogP contribution in [0.25, 0.3) is 5.69 Å². The highest BCUT2D eigenvalue weighted by Gasteiger charge is 2.19. The summed E-state index contributed by atoms with van der Waals surface area (Å²) in [6.45, 7) is 0. The van der Waals surface area contributed by atoms with E-state index in [1.165, 1.54) is 37.4 Å². The number of sulfonamides is 1. The van der Waals surface area contributed by atoms with Gasteiger partial charge in [0.1, 0.15) is 22.1 Å². The van der Waals surface area contributed by atoms with Gasteiger partial charge in [-0.2, -0.15) is 5.10 Å². The zero-order valence-electron chi connectivity index (χ0n) is 14.3. The van der Waals surface area contributed by atoms with E-state index >= 15 is 0 Å². The quantitative estimate of drug-likeness (QED) is 0.642. The maximum Gasteiger partial charge on any atom is 0.265 e. The number of ether oxygens (including phenoxy) is 2. The predicted molar refractivity (Wildman–Crippen MR) is 104 cm³/mol. The molecule has 0 radical (unpaired) electrons. The van der Waals surface area contributed by atoms with Crippen LogP contribution in [0.1, 0.15) is 0 Å². The third-order valence-corrected chi connectivity index (χ3v) is 5.53. The number of halogens is 2. The predicted octanol–water partition coefficient (Wildman–Crippen LogP) is 4.00. The van der Waals surface area contributed by atoms with Crippen molar-refractivity contribution < 1.29 is 17.9 Å². The second kappa shape index (κ2) is 7.67. The van der Waals surface area contributed by atoms with E-state index in [9.17, 15) is 8.42 Å². The van der Waals surface area contributed by atoms with Gasteiger partial charge in [0.15, 0.2) is 0 Å². The van der Waals surface area contributed by atoms with E-state index in [4.69, 9.17) is 32.7 Å². The molecule has 0 saturated heterocycles. The van der Waals surface area contributed by atoms with Crippen molar-refractivity contribution >= 4 is 38.9 Å². The second-order valence-electron chi connectivity index (χ2n) is 5.39. The van der Waals surface area contributed by atoms with Gasteiger partial charge in [-0.1, -0.05) is 23.2 Å². The number of anilines is 1. The molecule has 2 aromatic carbocycles. The van der Waals surface area contributed by atoms with Crippen molar-refractivity contribution in [3.05, 3.63) is 58.8 Å². The van der Waals surface area contributed by atoms with Crippen LogP contribution in [0.4, 0.5) is 5.69 Å².